The maximum absolute atomic E-state index is 11.0. The molecule has 3 nitrogen and oxygen atoms in total. The second kappa shape index (κ2) is 5.86. The number of fused-ring (bicyclic) bond motifs is 3. The largest absolute Gasteiger partial charge is 0.396 e. The van der Waals surface area contributed by atoms with E-state index in [1.54, 1.807) is 0 Å². The summed E-state index contributed by atoms with van der Waals surface area (Å²) in [7, 11) is 0. The van der Waals surface area contributed by atoms with Gasteiger partial charge in [0.2, 0.25) is 0 Å². The van der Waals surface area contributed by atoms with E-state index in [4.69, 9.17) is 0 Å². The maximum Gasteiger partial charge on any atom is 0.0659 e. The van der Waals surface area contributed by atoms with Crippen molar-refractivity contribution in [1.82, 2.24) is 0 Å². The fourth-order valence-electron chi connectivity index (χ4n) is 6.69. The third-order valence-corrected chi connectivity index (χ3v) is 7.92. The minimum Gasteiger partial charge on any atom is -0.396 e. The molecule has 3 rings (SSSR count). The lowest BCUT2D eigenvalue weighted by atomic mass is 9.42. The monoisotopic (exact) mass is 322 g/mol. The molecule has 0 saturated heterocycles. The molecule has 23 heavy (non-hydrogen) atoms. The lowest BCUT2D eigenvalue weighted by molar-refractivity contribution is -0.181. The third-order valence-electron chi connectivity index (χ3n) is 7.92. The van der Waals surface area contributed by atoms with Crippen LogP contribution in [0.1, 0.15) is 65.7 Å². The van der Waals surface area contributed by atoms with E-state index >= 15 is 0 Å². The van der Waals surface area contributed by atoms with E-state index in [9.17, 15) is 15.3 Å². The van der Waals surface area contributed by atoms with Crippen molar-refractivity contribution in [3.8, 4) is 0 Å². The van der Waals surface area contributed by atoms with Crippen molar-refractivity contribution < 1.29 is 15.3 Å². The highest BCUT2D eigenvalue weighted by molar-refractivity contribution is 5.18. The summed E-state index contributed by atoms with van der Waals surface area (Å²) in [5.41, 5.74) is 1.06. The molecule has 5 atom stereocenters. The minimum absolute atomic E-state index is 0.0247. The van der Waals surface area contributed by atoms with Crippen LogP contribution in [0.25, 0.3) is 0 Å². The van der Waals surface area contributed by atoms with Crippen LogP contribution in [0.15, 0.2) is 11.6 Å². The van der Waals surface area contributed by atoms with Crippen LogP contribution >= 0.6 is 0 Å². The Bertz CT molecular complexity index is 483. The average molecular weight is 322 g/mol. The van der Waals surface area contributed by atoms with E-state index in [1.807, 2.05) is 0 Å². The van der Waals surface area contributed by atoms with Gasteiger partial charge in [-0.2, -0.15) is 0 Å². The van der Waals surface area contributed by atoms with E-state index in [1.165, 1.54) is 19.3 Å². The summed E-state index contributed by atoms with van der Waals surface area (Å²) in [6.07, 6.45) is 8.74. The molecule has 3 N–H and O–H groups in total. The number of aliphatic hydroxyl groups is 3. The fourth-order valence-corrected chi connectivity index (χ4v) is 6.69. The Kier molecular flexibility index (Phi) is 4.44. The van der Waals surface area contributed by atoms with Crippen molar-refractivity contribution in [2.75, 3.05) is 13.2 Å². The van der Waals surface area contributed by atoms with Gasteiger partial charge >= 0.3 is 0 Å². The van der Waals surface area contributed by atoms with Gasteiger partial charge in [-0.1, -0.05) is 33.3 Å². The Hall–Kier alpha value is -0.380. The van der Waals surface area contributed by atoms with Crippen molar-refractivity contribution in [1.29, 1.82) is 0 Å². The topological polar surface area (TPSA) is 60.7 Å². The summed E-state index contributed by atoms with van der Waals surface area (Å²) in [4.78, 5) is 0. The summed E-state index contributed by atoms with van der Waals surface area (Å²) in [6, 6.07) is 0. The summed E-state index contributed by atoms with van der Waals surface area (Å²) in [6.45, 7) is 7.31. The minimum atomic E-state index is -0.541. The molecule has 0 aromatic heterocycles. The quantitative estimate of drug-likeness (QED) is 0.684. The molecule has 2 saturated carbocycles. The molecule has 3 aliphatic rings. The SMILES string of the molecule is CC1(C)CCCC2(C)C1CCC1(CO)C(O)CC(CO)=CCC21. The Morgan fingerprint density at radius 3 is 2.48 bits per heavy atom. The summed E-state index contributed by atoms with van der Waals surface area (Å²) < 4.78 is 0. The van der Waals surface area contributed by atoms with E-state index in [-0.39, 0.29) is 18.6 Å². The second-order valence-electron chi connectivity index (χ2n) is 9.36. The van der Waals surface area contributed by atoms with Crippen LogP contribution in [0.2, 0.25) is 0 Å². The fraction of sp³-hybridized carbons (Fsp3) is 0.900. The first-order chi connectivity index (χ1) is 10.8. The van der Waals surface area contributed by atoms with Gasteiger partial charge in [0.05, 0.1) is 19.3 Å². The van der Waals surface area contributed by atoms with Crippen LogP contribution in [0, 0.1) is 28.1 Å². The van der Waals surface area contributed by atoms with Gasteiger partial charge in [0.15, 0.2) is 0 Å². The molecule has 0 amide bonds. The number of aliphatic hydroxyl groups excluding tert-OH is 3. The van der Waals surface area contributed by atoms with Crippen LogP contribution in [0.4, 0.5) is 0 Å². The van der Waals surface area contributed by atoms with Gasteiger partial charge in [0.25, 0.3) is 0 Å². The highest BCUT2D eigenvalue weighted by atomic mass is 16.3. The Labute approximate surface area is 140 Å². The third kappa shape index (κ3) is 2.51. The Morgan fingerprint density at radius 2 is 1.83 bits per heavy atom. The predicted molar refractivity (Wildman–Crippen MR) is 91.9 cm³/mol. The van der Waals surface area contributed by atoms with Crippen LogP contribution in [0.5, 0.6) is 0 Å². The molecule has 0 heterocycles. The smallest absolute Gasteiger partial charge is 0.0659 e. The summed E-state index contributed by atoms with van der Waals surface area (Å²) >= 11 is 0. The van der Waals surface area contributed by atoms with Crippen molar-refractivity contribution in [2.24, 2.45) is 28.1 Å². The molecule has 0 bridgehead atoms. The number of rotatable bonds is 2. The van der Waals surface area contributed by atoms with Crippen molar-refractivity contribution in [3.63, 3.8) is 0 Å². The lowest BCUT2D eigenvalue weighted by Gasteiger charge is -2.63. The van der Waals surface area contributed by atoms with Crippen molar-refractivity contribution in [3.05, 3.63) is 11.6 Å². The number of allylic oxidation sites excluding steroid dienone is 1. The molecule has 3 aliphatic carbocycles. The van der Waals surface area contributed by atoms with Crippen LogP contribution < -0.4 is 0 Å². The van der Waals surface area contributed by atoms with E-state index < -0.39 is 11.5 Å². The van der Waals surface area contributed by atoms with Crippen molar-refractivity contribution >= 4 is 0 Å². The Balaban J connectivity index is 2.04. The molecule has 0 aromatic rings. The molecule has 0 aromatic carbocycles. The first-order valence-electron chi connectivity index (χ1n) is 9.38. The first-order valence-corrected chi connectivity index (χ1v) is 9.38. The predicted octanol–water partition coefficient (Wildman–Crippen LogP) is 3.28. The molecule has 0 radical (unpaired) electrons. The number of hydrogen-bond acceptors (Lipinski definition) is 3. The number of hydrogen-bond donors (Lipinski definition) is 3. The van der Waals surface area contributed by atoms with E-state index in [0.29, 0.717) is 23.7 Å². The Morgan fingerprint density at radius 1 is 1.09 bits per heavy atom. The van der Waals surface area contributed by atoms with Crippen molar-refractivity contribution in [2.45, 2.75) is 71.8 Å². The lowest BCUT2D eigenvalue weighted by Crippen LogP contribution is -2.59. The van der Waals surface area contributed by atoms with Gasteiger partial charge in [0.1, 0.15) is 0 Å². The summed E-state index contributed by atoms with van der Waals surface area (Å²) in [5.74, 6) is 0.960. The molecular weight excluding hydrogens is 288 g/mol. The van der Waals surface area contributed by atoms with Crippen LogP contribution in [-0.4, -0.2) is 34.6 Å². The average Bonchev–Trinajstić information content (AvgIpc) is 2.64. The zero-order valence-corrected chi connectivity index (χ0v) is 15.0. The van der Waals surface area contributed by atoms with E-state index in [2.05, 4.69) is 26.8 Å². The zero-order valence-electron chi connectivity index (χ0n) is 15.0. The molecular formula is C20H34O3. The van der Waals surface area contributed by atoms with Gasteiger partial charge < -0.3 is 15.3 Å². The highest BCUT2D eigenvalue weighted by Gasteiger charge is 2.61. The molecule has 0 spiro atoms. The van der Waals surface area contributed by atoms with Gasteiger partial charge in [-0.15, -0.1) is 0 Å². The zero-order chi connectivity index (χ0) is 16.9. The van der Waals surface area contributed by atoms with Gasteiger partial charge in [-0.25, -0.2) is 0 Å². The second-order valence-corrected chi connectivity index (χ2v) is 9.36. The van der Waals surface area contributed by atoms with Gasteiger partial charge in [-0.05, 0) is 66.8 Å². The van der Waals surface area contributed by atoms with Crippen LogP contribution in [-0.2, 0) is 0 Å². The molecule has 132 valence electrons. The normalized spacial score (nSPS) is 46.3. The van der Waals surface area contributed by atoms with Gasteiger partial charge in [-0.3, -0.25) is 0 Å². The molecule has 5 unspecified atom stereocenters. The molecule has 0 aliphatic heterocycles. The highest BCUT2D eigenvalue weighted by Crippen LogP contribution is 2.66. The molecule has 3 heteroatoms. The van der Waals surface area contributed by atoms with Crippen LogP contribution in [0.3, 0.4) is 0 Å². The molecule has 2 fully saturated rings. The van der Waals surface area contributed by atoms with Gasteiger partial charge in [0, 0.05) is 5.41 Å². The van der Waals surface area contributed by atoms with E-state index in [0.717, 1.165) is 24.8 Å². The standard InChI is InChI=1S/C20H34O3/c1-18(2)8-4-9-19(3)15(18)7-10-20(13-22)16(19)6-5-14(12-21)11-17(20)23/h5,15-17,21-23H,4,6-13H2,1-3H3. The summed E-state index contributed by atoms with van der Waals surface area (Å²) in [5, 5.41) is 30.8. The maximum atomic E-state index is 11.0. The first kappa shape index (κ1) is 17.4.